The number of likely N-dealkylation sites (tertiary alicyclic amines) is 1. The molecule has 1 heterocycles. The van der Waals surface area contributed by atoms with Crippen LogP contribution in [0, 0.1) is 5.82 Å². The van der Waals surface area contributed by atoms with Crippen LogP contribution < -0.4 is 5.14 Å². The second kappa shape index (κ2) is 5.49. The Morgan fingerprint density at radius 3 is 2.70 bits per heavy atom. The fraction of sp³-hybridized carbons (Fsp3) is 0.462. The summed E-state index contributed by atoms with van der Waals surface area (Å²) in [5.74, 6) is -1.24. The van der Waals surface area contributed by atoms with Crippen LogP contribution >= 0.6 is 0 Å². The molecule has 5 nitrogen and oxygen atoms in total. The molecule has 110 valence electrons. The summed E-state index contributed by atoms with van der Waals surface area (Å²) in [7, 11) is -4.18. The SMILES string of the molecule is C[C@@H]1CCCCN1C(=O)c1ccc(F)c(S(N)(=O)=O)c1. The summed E-state index contributed by atoms with van der Waals surface area (Å²) in [6.07, 6.45) is 2.89. The smallest absolute Gasteiger partial charge is 0.254 e. The molecule has 0 unspecified atom stereocenters. The predicted molar refractivity (Wildman–Crippen MR) is 72.1 cm³/mol. The molecule has 1 aliphatic rings. The molecule has 1 atom stereocenters. The largest absolute Gasteiger partial charge is 0.336 e. The van der Waals surface area contributed by atoms with Gasteiger partial charge in [0, 0.05) is 18.2 Å². The molecule has 7 heteroatoms. The Labute approximate surface area is 117 Å². The van der Waals surface area contributed by atoms with Crippen LogP contribution in [-0.4, -0.2) is 31.8 Å². The minimum Gasteiger partial charge on any atom is -0.336 e. The van der Waals surface area contributed by atoms with Crippen LogP contribution in [0.15, 0.2) is 23.1 Å². The van der Waals surface area contributed by atoms with E-state index in [0.29, 0.717) is 6.54 Å². The van der Waals surface area contributed by atoms with Gasteiger partial charge in [-0.1, -0.05) is 0 Å². The zero-order chi connectivity index (χ0) is 14.9. The number of nitrogens with two attached hydrogens (primary N) is 1. The van der Waals surface area contributed by atoms with E-state index in [0.717, 1.165) is 31.4 Å². The Morgan fingerprint density at radius 2 is 2.10 bits per heavy atom. The highest BCUT2D eigenvalue weighted by atomic mass is 32.2. The molecule has 1 amide bonds. The number of carbonyl (C=O) groups excluding carboxylic acids is 1. The lowest BCUT2D eigenvalue weighted by Gasteiger charge is -2.33. The van der Waals surface area contributed by atoms with Crippen molar-refractivity contribution in [1.29, 1.82) is 0 Å². The maximum Gasteiger partial charge on any atom is 0.254 e. The summed E-state index contributed by atoms with van der Waals surface area (Å²) in [5.41, 5.74) is 0.143. The zero-order valence-corrected chi connectivity index (χ0v) is 12.0. The van der Waals surface area contributed by atoms with Crippen LogP contribution in [0.4, 0.5) is 4.39 Å². The third-order valence-corrected chi connectivity index (χ3v) is 4.47. The minimum absolute atomic E-state index is 0.0965. The van der Waals surface area contributed by atoms with Gasteiger partial charge in [0.1, 0.15) is 10.7 Å². The molecule has 1 fully saturated rings. The first-order chi connectivity index (χ1) is 9.30. The summed E-state index contributed by atoms with van der Waals surface area (Å²) in [4.78, 5) is 13.4. The normalized spacial score (nSPS) is 19.9. The van der Waals surface area contributed by atoms with Crippen molar-refractivity contribution < 1.29 is 17.6 Å². The standard InChI is InChI=1S/C13H17FN2O3S/c1-9-4-2-3-7-16(9)13(17)10-5-6-11(14)12(8-10)20(15,18)19/h5-6,8-9H,2-4,7H2,1H3,(H2,15,18,19)/t9-/m1/s1. The number of nitrogens with zero attached hydrogens (tertiary/aromatic N) is 1. The molecule has 1 aromatic carbocycles. The Bertz CT molecular complexity index is 631. The quantitative estimate of drug-likeness (QED) is 0.898. The van der Waals surface area contributed by atoms with Gasteiger partial charge in [0.25, 0.3) is 5.91 Å². The molecule has 2 N–H and O–H groups in total. The fourth-order valence-corrected chi connectivity index (χ4v) is 3.05. The highest BCUT2D eigenvalue weighted by Gasteiger charge is 2.25. The summed E-state index contributed by atoms with van der Waals surface area (Å²) in [6.45, 7) is 2.57. The number of hydrogen-bond acceptors (Lipinski definition) is 3. The molecule has 0 bridgehead atoms. The van der Waals surface area contributed by atoms with Gasteiger partial charge in [-0.05, 0) is 44.4 Å². The summed E-state index contributed by atoms with van der Waals surface area (Å²) >= 11 is 0. The van der Waals surface area contributed by atoms with Crippen molar-refractivity contribution in [3.8, 4) is 0 Å². The van der Waals surface area contributed by atoms with Crippen molar-refractivity contribution in [2.24, 2.45) is 5.14 Å². The van der Waals surface area contributed by atoms with Gasteiger partial charge in [-0.25, -0.2) is 17.9 Å². The predicted octanol–water partition coefficient (Wildman–Crippen LogP) is 1.49. The number of rotatable bonds is 2. The molecule has 0 aromatic heterocycles. The summed E-state index contributed by atoms with van der Waals surface area (Å²) in [6, 6.07) is 3.35. The molecule has 0 saturated carbocycles. The lowest BCUT2D eigenvalue weighted by Crippen LogP contribution is -2.42. The summed E-state index contributed by atoms with van der Waals surface area (Å²) < 4.78 is 36.0. The second-order valence-electron chi connectivity index (χ2n) is 5.03. The van der Waals surface area contributed by atoms with E-state index < -0.39 is 20.7 Å². The van der Waals surface area contributed by atoms with E-state index in [-0.39, 0.29) is 17.5 Å². The Kier molecular flexibility index (Phi) is 4.10. The van der Waals surface area contributed by atoms with E-state index >= 15 is 0 Å². The number of sulfonamides is 1. The fourth-order valence-electron chi connectivity index (χ4n) is 2.42. The molecule has 1 aromatic rings. The highest BCUT2D eigenvalue weighted by Crippen LogP contribution is 2.21. The maximum absolute atomic E-state index is 13.5. The van der Waals surface area contributed by atoms with E-state index in [9.17, 15) is 17.6 Å². The average Bonchev–Trinajstić information content (AvgIpc) is 2.37. The maximum atomic E-state index is 13.5. The Balaban J connectivity index is 2.36. The lowest BCUT2D eigenvalue weighted by atomic mass is 10.0. The van der Waals surface area contributed by atoms with Crippen LogP contribution in [0.3, 0.4) is 0 Å². The van der Waals surface area contributed by atoms with Gasteiger partial charge >= 0.3 is 0 Å². The van der Waals surface area contributed by atoms with Crippen molar-refractivity contribution in [3.63, 3.8) is 0 Å². The number of amides is 1. The first-order valence-corrected chi connectivity index (χ1v) is 7.98. The van der Waals surface area contributed by atoms with Gasteiger partial charge in [-0.15, -0.1) is 0 Å². The first kappa shape index (κ1) is 14.9. The highest BCUT2D eigenvalue weighted by molar-refractivity contribution is 7.89. The zero-order valence-electron chi connectivity index (χ0n) is 11.2. The molecule has 0 aliphatic carbocycles. The van der Waals surface area contributed by atoms with Gasteiger partial charge in [-0.3, -0.25) is 4.79 Å². The van der Waals surface area contributed by atoms with Crippen LogP contribution in [0.5, 0.6) is 0 Å². The molecule has 1 aliphatic heterocycles. The Morgan fingerprint density at radius 1 is 1.40 bits per heavy atom. The van der Waals surface area contributed by atoms with Crippen LogP contribution in [0.2, 0.25) is 0 Å². The van der Waals surface area contributed by atoms with Crippen molar-refractivity contribution in [3.05, 3.63) is 29.6 Å². The number of hydrogen-bond donors (Lipinski definition) is 1. The number of piperidine rings is 1. The van der Waals surface area contributed by atoms with Crippen molar-refractivity contribution in [1.82, 2.24) is 4.90 Å². The monoisotopic (exact) mass is 300 g/mol. The second-order valence-corrected chi connectivity index (χ2v) is 6.56. The van der Waals surface area contributed by atoms with Crippen LogP contribution in [-0.2, 0) is 10.0 Å². The van der Waals surface area contributed by atoms with E-state index in [1.165, 1.54) is 6.07 Å². The average molecular weight is 300 g/mol. The van der Waals surface area contributed by atoms with Gasteiger partial charge < -0.3 is 4.90 Å². The Hall–Kier alpha value is -1.47. The van der Waals surface area contributed by atoms with E-state index in [2.05, 4.69) is 0 Å². The molecule has 0 spiro atoms. The van der Waals surface area contributed by atoms with E-state index in [1.54, 1.807) is 4.90 Å². The molecule has 0 radical (unpaired) electrons. The molecular weight excluding hydrogens is 283 g/mol. The molecule has 2 rings (SSSR count). The third kappa shape index (κ3) is 2.99. The van der Waals surface area contributed by atoms with Crippen LogP contribution in [0.25, 0.3) is 0 Å². The summed E-state index contributed by atoms with van der Waals surface area (Å²) in [5, 5.41) is 4.94. The van der Waals surface area contributed by atoms with Crippen LogP contribution in [0.1, 0.15) is 36.5 Å². The molecule has 20 heavy (non-hydrogen) atoms. The third-order valence-electron chi connectivity index (χ3n) is 3.55. The number of benzene rings is 1. The number of primary sulfonamides is 1. The van der Waals surface area contributed by atoms with Crippen molar-refractivity contribution in [2.75, 3.05) is 6.54 Å². The van der Waals surface area contributed by atoms with Gasteiger partial charge in [0.05, 0.1) is 0 Å². The number of carbonyl (C=O) groups is 1. The molecule has 1 saturated heterocycles. The van der Waals surface area contributed by atoms with Gasteiger partial charge in [0.15, 0.2) is 0 Å². The van der Waals surface area contributed by atoms with E-state index in [1.807, 2.05) is 6.92 Å². The topological polar surface area (TPSA) is 80.5 Å². The minimum atomic E-state index is -4.18. The number of halogens is 1. The lowest BCUT2D eigenvalue weighted by molar-refractivity contribution is 0.0635. The van der Waals surface area contributed by atoms with Crippen molar-refractivity contribution in [2.45, 2.75) is 37.1 Å². The first-order valence-electron chi connectivity index (χ1n) is 6.44. The van der Waals surface area contributed by atoms with Gasteiger partial charge in [-0.2, -0.15) is 0 Å². The van der Waals surface area contributed by atoms with Crippen molar-refractivity contribution >= 4 is 15.9 Å². The molecular formula is C13H17FN2O3S. The van der Waals surface area contributed by atoms with E-state index in [4.69, 9.17) is 5.14 Å². The van der Waals surface area contributed by atoms with Gasteiger partial charge in [0.2, 0.25) is 10.0 Å².